The molecule has 1 rings (SSSR count). The topological polar surface area (TPSA) is 75.7 Å². The Hall–Kier alpha value is -1.67. The SMILES string of the molecule is CCOC(=O)NCCN(CCc1ccc(F)cc1)S(C)(=O)=O. The number of hydrogen-bond acceptors (Lipinski definition) is 4. The summed E-state index contributed by atoms with van der Waals surface area (Å²) in [7, 11) is -3.39. The van der Waals surface area contributed by atoms with Crippen molar-refractivity contribution in [2.45, 2.75) is 13.3 Å². The molecule has 0 heterocycles. The minimum absolute atomic E-state index is 0.152. The highest BCUT2D eigenvalue weighted by molar-refractivity contribution is 7.88. The Kier molecular flexibility index (Phi) is 7.26. The number of halogens is 1. The Labute approximate surface area is 130 Å². The van der Waals surface area contributed by atoms with Gasteiger partial charge in [0, 0.05) is 19.6 Å². The van der Waals surface area contributed by atoms with Crippen LogP contribution in [0.5, 0.6) is 0 Å². The third-order valence-corrected chi connectivity index (χ3v) is 4.24. The number of nitrogens with one attached hydrogen (secondary N) is 1. The van der Waals surface area contributed by atoms with Gasteiger partial charge in [-0.15, -0.1) is 0 Å². The molecule has 0 saturated heterocycles. The molecule has 8 heteroatoms. The highest BCUT2D eigenvalue weighted by Crippen LogP contribution is 2.06. The van der Waals surface area contributed by atoms with Gasteiger partial charge in [-0.2, -0.15) is 0 Å². The van der Waals surface area contributed by atoms with Crippen LogP contribution in [0.4, 0.5) is 9.18 Å². The second-order valence-electron chi connectivity index (χ2n) is 4.69. The molecule has 124 valence electrons. The van der Waals surface area contributed by atoms with E-state index in [9.17, 15) is 17.6 Å². The van der Waals surface area contributed by atoms with Crippen LogP contribution in [0.25, 0.3) is 0 Å². The average Bonchev–Trinajstić information content (AvgIpc) is 2.43. The third-order valence-electron chi connectivity index (χ3n) is 2.94. The predicted octanol–water partition coefficient (Wildman–Crippen LogP) is 1.38. The van der Waals surface area contributed by atoms with Crippen molar-refractivity contribution in [2.24, 2.45) is 0 Å². The Balaban J connectivity index is 2.51. The standard InChI is InChI=1S/C14H21FN2O4S/c1-3-21-14(18)16-9-11-17(22(2,19)20)10-8-12-4-6-13(15)7-5-12/h4-7H,3,8-11H2,1-2H3,(H,16,18). The number of sulfonamides is 1. The number of carbonyl (C=O) groups is 1. The first kappa shape index (κ1) is 18.4. The molecule has 0 spiro atoms. The van der Waals surface area contributed by atoms with E-state index < -0.39 is 16.1 Å². The van der Waals surface area contributed by atoms with E-state index in [1.54, 1.807) is 19.1 Å². The molecule has 0 saturated carbocycles. The van der Waals surface area contributed by atoms with Crippen LogP contribution in [-0.4, -0.2) is 51.3 Å². The molecule has 0 aliphatic carbocycles. The quantitative estimate of drug-likeness (QED) is 0.780. The van der Waals surface area contributed by atoms with Gasteiger partial charge >= 0.3 is 6.09 Å². The highest BCUT2D eigenvalue weighted by atomic mass is 32.2. The van der Waals surface area contributed by atoms with E-state index in [1.165, 1.54) is 16.4 Å². The van der Waals surface area contributed by atoms with Gasteiger partial charge in [-0.25, -0.2) is 21.9 Å². The van der Waals surface area contributed by atoms with Crippen molar-refractivity contribution in [3.8, 4) is 0 Å². The van der Waals surface area contributed by atoms with Crippen molar-refractivity contribution in [2.75, 3.05) is 32.5 Å². The number of amides is 1. The molecule has 0 unspecified atom stereocenters. The summed E-state index contributed by atoms with van der Waals surface area (Å²) in [6, 6.07) is 5.91. The lowest BCUT2D eigenvalue weighted by Crippen LogP contribution is -2.39. The average molecular weight is 332 g/mol. The van der Waals surface area contributed by atoms with Crippen molar-refractivity contribution < 1.29 is 22.3 Å². The molecule has 0 bridgehead atoms. The zero-order valence-corrected chi connectivity index (χ0v) is 13.5. The molecule has 0 aliphatic rings. The molecule has 1 amide bonds. The molecule has 0 atom stereocenters. The van der Waals surface area contributed by atoms with Gasteiger partial charge in [-0.05, 0) is 31.0 Å². The van der Waals surface area contributed by atoms with Crippen LogP contribution >= 0.6 is 0 Å². The molecule has 0 aliphatic heterocycles. The van der Waals surface area contributed by atoms with E-state index in [-0.39, 0.29) is 32.1 Å². The van der Waals surface area contributed by atoms with Crippen LogP contribution in [-0.2, 0) is 21.2 Å². The monoisotopic (exact) mass is 332 g/mol. The minimum Gasteiger partial charge on any atom is -0.450 e. The third kappa shape index (κ3) is 6.86. The van der Waals surface area contributed by atoms with Crippen molar-refractivity contribution in [1.82, 2.24) is 9.62 Å². The van der Waals surface area contributed by atoms with Crippen LogP contribution in [0.15, 0.2) is 24.3 Å². The van der Waals surface area contributed by atoms with E-state index in [0.29, 0.717) is 6.42 Å². The van der Waals surface area contributed by atoms with Gasteiger partial charge in [0.1, 0.15) is 5.82 Å². The van der Waals surface area contributed by atoms with Crippen molar-refractivity contribution in [1.29, 1.82) is 0 Å². The minimum atomic E-state index is -3.39. The zero-order chi connectivity index (χ0) is 16.6. The lowest BCUT2D eigenvalue weighted by atomic mass is 10.1. The Bertz CT molecular complexity index is 575. The smallest absolute Gasteiger partial charge is 0.407 e. The fourth-order valence-electron chi connectivity index (χ4n) is 1.81. The molecule has 0 radical (unpaired) electrons. The normalized spacial score (nSPS) is 11.5. The second-order valence-corrected chi connectivity index (χ2v) is 6.67. The largest absolute Gasteiger partial charge is 0.450 e. The summed E-state index contributed by atoms with van der Waals surface area (Å²) in [5.74, 6) is -0.331. The summed E-state index contributed by atoms with van der Waals surface area (Å²) < 4.78 is 42.2. The van der Waals surface area contributed by atoms with Gasteiger partial charge in [0.15, 0.2) is 0 Å². The van der Waals surface area contributed by atoms with Crippen LogP contribution in [0.1, 0.15) is 12.5 Å². The molecule has 1 aromatic rings. The molecular formula is C14H21FN2O4S. The summed E-state index contributed by atoms with van der Waals surface area (Å²) >= 11 is 0. The lowest BCUT2D eigenvalue weighted by molar-refractivity contribution is 0.151. The molecule has 0 aromatic heterocycles. The van der Waals surface area contributed by atoms with E-state index in [2.05, 4.69) is 5.32 Å². The summed E-state index contributed by atoms with van der Waals surface area (Å²) in [5, 5.41) is 2.47. The van der Waals surface area contributed by atoms with Crippen LogP contribution in [0, 0.1) is 5.82 Å². The molecular weight excluding hydrogens is 311 g/mol. The first-order valence-electron chi connectivity index (χ1n) is 6.93. The Morgan fingerprint density at radius 2 is 1.91 bits per heavy atom. The maximum Gasteiger partial charge on any atom is 0.407 e. The van der Waals surface area contributed by atoms with Gasteiger partial charge in [0.25, 0.3) is 0 Å². The first-order valence-corrected chi connectivity index (χ1v) is 8.78. The molecule has 1 aromatic carbocycles. The van der Waals surface area contributed by atoms with E-state index in [0.717, 1.165) is 11.8 Å². The summed E-state index contributed by atoms with van der Waals surface area (Å²) in [6.07, 6.45) is 1.00. The Morgan fingerprint density at radius 3 is 2.45 bits per heavy atom. The van der Waals surface area contributed by atoms with Gasteiger partial charge in [-0.1, -0.05) is 12.1 Å². The maximum absolute atomic E-state index is 12.8. The number of rotatable bonds is 8. The maximum atomic E-state index is 12.8. The predicted molar refractivity (Wildman–Crippen MR) is 81.5 cm³/mol. The molecule has 1 N–H and O–H groups in total. The molecule has 0 fully saturated rings. The van der Waals surface area contributed by atoms with Crippen molar-refractivity contribution >= 4 is 16.1 Å². The van der Waals surface area contributed by atoms with E-state index in [1.807, 2.05) is 0 Å². The fraction of sp³-hybridized carbons (Fsp3) is 0.500. The molecule has 22 heavy (non-hydrogen) atoms. The van der Waals surface area contributed by atoms with Crippen LogP contribution in [0.2, 0.25) is 0 Å². The number of nitrogens with zero attached hydrogens (tertiary/aromatic N) is 1. The number of benzene rings is 1. The van der Waals surface area contributed by atoms with Crippen molar-refractivity contribution in [3.63, 3.8) is 0 Å². The van der Waals surface area contributed by atoms with Gasteiger partial charge in [-0.3, -0.25) is 0 Å². The fourth-order valence-corrected chi connectivity index (χ4v) is 2.66. The van der Waals surface area contributed by atoms with Gasteiger partial charge in [0.05, 0.1) is 12.9 Å². The summed E-state index contributed by atoms with van der Waals surface area (Å²) in [4.78, 5) is 11.1. The Morgan fingerprint density at radius 1 is 1.27 bits per heavy atom. The lowest BCUT2D eigenvalue weighted by Gasteiger charge is -2.20. The van der Waals surface area contributed by atoms with Crippen LogP contribution in [0.3, 0.4) is 0 Å². The van der Waals surface area contributed by atoms with Crippen molar-refractivity contribution in [3.05, 3.63) is 35.6 Å². The zero-order valence-electron chi connectivity index (χ0n) is 12.7. The summed E-state index contributed by atoms with van der Waals surface area (Å²) in [5.41, 5.74) is 0.841. The molecule has 6 nitrogen and oxygen atoms in total. The number of hydrogen-bond donors (Lipinski definition) is 1. The second kappa shape index (κ2) is 8.70. The van der Waals surface area contributed by atoms with Crippen LogP contribution < -0.4 is 5.32 Å². The number of alkyl carbamates (subject to hydrolysis) is 1. The van der Waals surface area contributed by atoms with E-state index >= 15 is 0 Å². The highest BCUT2D eigenvalue weighted by Gasteiger charge is 2.16. The van der Waals surface area contributed by atoms with Gasteiger partial charge < -0.3 is 10.1 Å². The first-order chi connectivity index (χ1) is 10.3. The number of ether oxygens (including phenoxy) is 1. The number of carbonyl (C=O) groups excluding carboxylic acids is 1. The van der Waals surface area contributed by atoms with E-state index in [4.69, 9.17) is 4.74 Å². The summed E-state index contributed by atoms with van der Waals surface area (Å²) in [6.45, 7) is 2.51. The van der Waals surface area contributed by atoms with Gasteiger partial charge in [0.2, 0.25) is 10.0 Å².